The summed E-state index contributed by atoms with van der Waals surface area (Å²) in [5.74, 6) is 0.445. The van der Waals surface area contributed by atoms with Crippen molar-refractivity contribution < 1.29 is 13.9 Å². The number of benzene rings is 2. The summed E-state index contributed by atoms with van der Waals surface area (Å²) < 4.78 is 19.4. The molecule has 2 heterocycles. The van der Waals surface area contributed by atoms with Crippen LogP contribution >= 0.6 is 0 Å². The molecule has 2 aliphatic heterocycles. The fraction of sp³-hybridized carbons (Fsp3) is 0.278. The van der Waals surface area contributed by atoms with Crippen LogP contribution < -0.4 is 15.0 Å². The van der Waals surface area contributed by atoms with Crippen molar-refractivity contribution >= 4 is 11.7 Å². The predicted octanol–water partition coefficient (Wildman–Crippen LogP) is 3.90. The van der Waals surface area contributed by atoms with Gasteiger partial charge >= 0.3 is 6.03 Å². The Labute approximate surface area is 133 Å². The second-order valence-electron chi connectivity index (χ2n) is 6.34. The zero-order valence-electron chi connectivity index (χ0n) is 13.0. The van der Waals surface area contributed by atoms with Crippen LogP contribution in [0, 0.1) is 12.7 Å². The largest absolute Gasteiger partial charge is 0.467 e. The maximum atomic E-state index is 13.2. The van der Waals surface area contributed by atoms with Crippen LogP contribution in [0.5, 0.6) is 5.75 Å². The molecule has 2 bridgehead atoms. The summed E-state index contributed by atoms with van der Waals surface area (Å²) in [6.07, 6.45) is 0.632. The molecule has 5 heteroatoms. The van der Waals surface area contributed by atoms with E-state index in [4.69, 9.17) is 4.74 Å². The van der Waals surface area contributed by atoms with Crippen molar-refractivity contribution in [1.29, 1.82) is 0 Å². The van der Waals surface area contributed by atoms with Crippen molar-refractivity contribution in [2.24, 2.45) is 0 Å². The Morgan fingerprint density at radius 2 is 2.00 bits per heavy atom. The number of rotatable bonds is 1. The van der Waals surface area contributed by atoms with Crippen molar-refractivity contribution in [3.05, 3.63) is 59.4 Å². The minimum absolute atomic E-state index is 0.0761. The molecular formula is C18H17FN2O2. The Morgan fingerprint density at radius 1 is 1.26 bits per heavy atom. The van der Waals surface area contributed by atoms with Gasteiger partial charge in [-0.3, -0.25) is 4.90 Å². The summed E-state index contributed by atoms with van der Waals surface area (Å²) in [4.78, 5) is 14.2. The van der Waals surface area contributed by atoms with Gasteiger partial charge in [-0.05, 0) is 44.2 Å². The van der Waals surface area contributed by atoms with E-state index in [1.165, 1.54) is 12.1 Å². The molecule has 0 aliphatic carbocycles. The number of nitrogens with zero attached hydrogens (tertiary/aromatic N) is 1. The molecule has 0 saturated carbocycles. The maximum absolute atomic E-state index is 13.2. The molecule has 1 N–H and O–H groups in total. The minimum atomic E-state index is -0.799. The van der Waals surface area contributed by atoms with E-state index < -0.39 is 5.72 Å². The Kier molecular flexibility index (Phi) is 2.88. The van der Waals surface area contributed by atoms with Crippen LogP contribution in [0.4, 0.5) is 14.9 Å². The number of amides is 2. The van der Waals surface area contributed by atoms with Crippen LogP contribution in [0.3, 0.4) is 0 Å². The molecule has 2 atom stereocenters. The third-order valence-corrected chi connectivity index (χ3v) is 4.51. The minimum Gasteiger partial charge on any atom is -0.467 e. The first-order valence-electron chi connectivity index (χ1n) is 7.62. The van der Waals surface area contributed by atoms with Gasteiger partial charge in [0.25, 0.3) is 0 Å². The molecule has 23 heavy (non-hydrogen) atoms. The summed E-state index contributed by atoms with van der Waals surface area (Å²) >= 11 is 0. The van der Waals surface area contributed by atoms with Gasteiger partial charge in [-0.2, -0.15) is 0 Å². The summed E-state index contributed by atoms with van der Waals surface area (Å²) in [6.45, 7) is 3.91. The number of ether oxygens (including phenoxy) is 1. The number of carbonyl (C=O) groups excluding carboxylic acids is 1. The summed E-state index contributed by atoms with van der Waals surface area (Å²) in [7, 11) is 0. The summed E-state index contributed by atoms with van der Waals surface area (Å²) in [5, 5.41) is 3.03. The van der Waals surface area contributed by atoms with Gasteiger partial charge in [-0.15, -0.1) is 0 Å². The normalized spacial score (nSPS) is 25.4. The lowest BCUT2D eigenvalue weighted by molar-refractivity contribution is 0.0378. The summed E-state index contributed by atoms with van der Waals surface area (Å²) in [6, 6.07) is 11.5. The number of halogens is 1. The standard InChI is InChI=1S/C18H17FN2O2/c1-11-3-8-16-14(9-11)15-10-18(2,23-16)21(17(22)20-15)13-6-4-12(19)5-7-13/h3-9,15H,10H2,1-2H3,(H,20,22)/t15-,18-/m1/s1. The van der Waals surface area contributed by atoms with Crippen LogP contribution in [0.25, 0.3) is 0 Å². The molecule has 0 spiro atoms. The lowest BCUT2D eigenvalue weighted by Crippen LogP contribution is -2.65. The molecule has 1 fully saturated rings. The number of hydrogen-bond acceptors (Lipinski definition) is 2. The highest BCUT2D eigenvalue weighted by atomic mass is 19.1. The molecule has 0 radical (unpaired) electrons. The van der Waals surface area contributed by atoms with Gasteiger partial charge in [-0.1, -0.05) is 17.7 Å². The van der Waals surface area contributed by atoms with Crippen molar-refractivity contribution in [2.75, 3.05) is 4.90 Å². The topological polar surface area (TPSA) is 41.6 Å². The van der Waals surface area contributed by atoms with Crippen LogP contribution in [-0.4, -0.2) is 11.8 Å². The molecule has 0 unspecified atom stereocenters. The fourth-order valence-electron chi connectivity index (χ4n) is 3.48. The van der Waals surface area contributed by atoms with Crippen LogP contribution in [0.1, 0.15) is 30.5 Å². The smallest absolute Gasteiger partial charge is 0.325 e. The van der Waals surface area contributed by atoms with E-state index in [2.05, 4.69) is 5.32 Å². The SMILES string of the molecule is Cc1ccc2c(c1)[C@H]1C[C@@](C)(O2)N(c2ccc(F)cc2)C(=O)N1. The Hall–Kier alpha value is -2.56. The van der Waals surface area contributed by atoms with Crippen molar-refractivity contribution in [3.8, 4) is 5.75 Å². The number of carbonyl (C=O) groups is 1. The van der Waals surface area contributed by atoms with E-state index in [1.807, 2.05) is 32.0 Å². The highest BCUT2D eigenvalue weighted by Crippen LogP contribution is 2.45. The molecule has 0 aromatic heterocycles. The van der Waals surface area contributed by atoms with E-state index in [0.717, 1.165) is 16.9 Å². The Balaban J connectivity index is 1.79. The lowest BCUT2D eigenvalue weighted by atomic mass is 9.89. The van der Waals surface area contributed by atoms with Gasteiger partial charge in [0, 0.05) is 17.7 Å². The third-order valence-electron chi connectivity index (χ3n) is 4.51. The van der Waals surface area contributed by atoms with Gasteiger partial charge in [0.1, 0.15) is 11.6 Å². The van der Waals surface area contributed by atoms with Crippen molar-refractivity contribution in [2.45, 2.75) is 32.0 Å². The van der Waals surface area contributed by atoms with E-state index in [1.54, 1.807) is 17.0 Å². The first-order chi connectivity index (χ1) is 11.0. The van der Waals surface area contributed by atoms with Gasteiger partial charge in [0.05, 0.1) is 6.04 Å². The molecule has 2 aromatic rings. The Morgan fingerprint density at radius 3 is 2.74 bits per heavy atom. The molecule has 4 rings (SSSR count). The monoisotopic (exact) mass is 312 g/mol. The predicted molar refractivity (Wildman–Crippen MR) is 85.0 cm³/mol. The molecule has 2 amide bonds. The summed E-state index contributed by atoms with van der Waals surface area (Å²) in [5.41, 5.74) is 1.95. The highest BCUT2D eigenvalue weighted by Gasteiger charge is 2.49. The molecule has 2 aliphatic rings. The van der Waals surface area contributed by atoms with Gasteiger partial charge in [0.2, 0.25) is 0 Å². The molecular weight excluding hydrogens is 295 g/mol. The van der Waals surface area contributed by atoms with Crippen LogP contribution in [-0.2, 0) is 0 Å². The van der Waals surface area contributed by atoms with E-state index in [0.29, 0.717) is 12.1 Å². The average Bonchev–Trinajstić information content (AvgIpc) is 2.49. The number of aryl methyl sites for hydroxylation is 1. The number of urea groups is 1. The van der Waals surface area contributed by atoms with Crippen LogP contribution in [0.15, 0.2) is 42.5 Å². The molecule has 1 saturated heterocycles. The second kappa shape index (κ2) is 4.72. The zero-order valence-corrected chi connectivity index (χ0v) is 13.0. The molecule has 4 nitrogen and oxygen atoms in total. The van der Waals surface area contributed by atoms with E-state index in [-0.39, 0.29) is 17.9 Å². The van der Waals surface area contributed by atoms with Gasteiger partial charge < -0.3 is 10.1 Å². The number of hydrogen-bond donors (Lipinski definition) is 1. The van der Waals surface area contributed by atoms with Crippen molar-refractivity contribution in [1.82, 2.24) is 5.32 Å². The van der Waals surface area contributed by atoms with Gasteiger partial charge in [0.15, 0.2) is 5.72 Å². The number of anilines is 1. The average molecular weight is 312 g/mol. The molecule has 2 aromatic carbocycles. The van der Waals surface area contributed by atoms with E-state index >= 15 is 0 Å². The van der Waals surface area contributed by atoms with Gasteiger partial charge in [-0.25, -0.2) is 9.18 Å². The fourth-order valence-corrected chi connectivity index (χ4v) is 3.48. The van der Waals surface area contributed by atoms with Crippen molar-refractivity contribution in [3.63, 3.8) is 0 Å². The zero-order chi connectivity index (χ0) is 16.2. The number of nitrogens with one attached hydrogen (secondary N) is 1. The maximum Gasteiger partial charge on any atom is 0.325 e. The number of fused-ring (bicyclic) bond motifs is 4. The first kappa shape index (κ1) is 14.1. The third kappa shape index (κ3) is 2.15. The first-order valence-corrected chi connectivity index (χ1v) is 7.62. The second-order valence-corrected chi connectivity index (χ2v) is 6.34. The molecule has 118 valence electrons. The van der Waals surface area contributed by atoms with Crippen LogP contribution in [0.2, 0.25) is 0 Å². The lowest BCUT2D eigenvalue weighted by Gasteiger charge is -2.50. The Bertz CT molecular complexity index is 790. The quantitative estimate of drug-likeness (QED) is 0.867. The van der Waals surface area contributed by atoms with E-state index in [9.17, 15) is 9.18 Å². The highest BCUT2D eigenvalue weighted by molar-refractivity contribution is 5.94.